The Hall–Kier alpha value is -2.53. The number of nitrogens with zero attached hydrogens (tertiary/aromatic N) is 1. The highest BCUT2D eigenvalue weighted by molar-refractivity contribution is 6.02. The van der Waals surface area contributed by atoms with Gasteiger partial charge in [0, 0.05) is 31.5 Å². The Balaban J connectivity index is 2.02. The smallest absolute Gasteiger partial charge is 0.258 e. The van der Waals surface area contributed by atoms with E-state index in [-0.39, 0.29) is 12.0 Å². The van der Waals surface area contributed by atoms with Gasteiger partial charge in [-0.3, -0.25) is 4.79 Å². The van der Waals surface area contributed by atoms with Crippen LogP contribution in [0.4, 0.5) is 5.69 Å². The zero-order chi connectivity index (χ0) is 19.4. The van der Waals surface area contributed by atoms with Crippen LogP contribution in [0.25, 0.3) is 0 Å². The van der Waals surface area contributed by atoms with E-state index in [0.29, 0.717) is 18.7 Å². The Kier molecular flexibility index (Phi) is 5.71. The Morgan fingerprint density at radius 3 is 2.67 bits per heavy atom. The first-order valence-electron chi connectivity index (χ1n) is 9.41. The minimum Gasteiger partial charge on any atom is -0.491 e. The number of para-hydroxylation sites is 1. The van der Waals surface area contributed by atoms with E-state index < -0.39 is 5.66 Å². The Bertz CT molecular complexity index is 806. The number of fused-ring (bicyclic) bond motifs is 1. The van der Waals surface area contributed by atoms with Crippen molar-refractivity contribution in [3.05, 3.63) is 59.7 Å². The molecule has 2 aromatic carbocycles. The lowest BCUT2D eigenvalue weighted by Gasteiger charge is -2.47. The maximum absolute atomic E-state index is 13.3. The second-order valence-corrected chi connectivity index (χ2v) is 7.24. The highest BCUT2D eigenvalue weighted by Crippen LogP contribution is 2.38. The number of methoxy groups -OCH3 is 1. The summed E-state index contributed by atoms with van der Waals surface area (Å²) >= 11 is 0. The fourth-order valence-corrected chi connectivity index (χ4v) is 3.52. The lowest BCUT2D eigenvalue weighted by Crippen LogP contribution is -2.56. The third-order valence-electron chi connectivity index (χ3n) is 4.82. The Labute approximate surface area is 161 Å². The van der Waals surface area contributed by atoms with Crippen molar-refractivity contribution < 1.29 is 14.3 Å². The molecule has 0 aliphatic carbocycles. The predicted molar refractivity (Wildman–Crippen MR) is 107 cm³/mol. The summed E-state index contributed by atoms with van der Waals surface area (Å²) in [5.41, 5.74) is 1.86. The monoisotopic (exact) mass is 368 g/mol. The van der Waals surface area contributed by atoms with Gasteiger partial charge in [-0.05, 0) is 51.5 Å². The van der Waals surface area contributed by atoms with E-state index in [2.05, 4.69) is 5.32 Å². The molecule has 0 spiro atoms. The number of carbonyl (C=O) groups excluding carboxylic acids is 1. The van der Waals surface area contributed by atoms with Crippen LogP contribution in [-0.2, 0) is 10.4 Å². The third kappa shape index (κ3) is 3.93. The molecule has 1 amide bonds. The van der Waals surface area contributed by atoms with E-state index in [1.165, 1.54) is 0 Å². The molecule has 5 heteroatoms. The van der Waals surface area contributed by atoms with Gasteiger partial charge in [0.05, 0.1) is 11.7 Å². The number of rotatable bonds is 7. The summed E-state index contributed by atoms with van der Waals surface area (Å²) in [4.78, 5) is 15.2. The number of anilines is 1. The minimum absolute atomic E-state index is 0.0261. The van der Waals surface area contributed by atoms with Gasteiger partial charge in [-0.25, -0.2) is 0 Å². The van der Waals surface area contributed by atoms with Gasteiger partial charge < -0.3 is 19.7 Å². The van der Waals surface area contributed by atoms with Crippen LogP contribution >= 0.6 is 0 Å². The fraction of sp³-hybridized carbons (Fsp3) is 0.409. The zero-order valence-electron chi connectivity index (χ0n) is 16.5. The van der Waals surface area contributed by atoms with Crippen LogP contribution in [0.5, 0.6) is 5.75 Å². The molecule has 27 heavy (non-hydrogen) atoms. The molecule has 0 bridgehead atoms. The average Bonchev–Trinajstić information content (AvgIpc) is 2.64. The molecular weight excluding hydrogens is 340 g/mol. The molecule has 5 nitrogen and oxygen atoms in total. The normalized spacial score (nSPS) is 19.0. The van der Waals surface area contributed by atoms with E-state index in [0.717, 1.165) is 23.4 Å². The molecule has 1 heterocycles. The van der Waals surface area contributed by atoms with Crippen molar-refractivity contribution in [1.82, 2.24) is 4.90 Å². The quantitative estimate of drug-likeness (QED) is 0.742. The highest BCUT2D eigenvalue weighted by Gasteiger charge is 2.42. The van der Waals surface area contributed by atoms with E-state index in [1.807, 2.05) is 74.2 Å². The fourth-order valence-electron chi connectivity index (χ4n) is 3.52. The van der Waals surface area contributed by atoms with E-state index in [9.17, 15) is 4.79 Å². The van der Waals surface area contributed by atoms with Gasteiger partial charge >= 0.3 is 0 Å². The minimum atomic E-state index is -0.671. The van der Waals surface area contributed by atoms with E-state index >= 15 is 0 Å². The maximum atomic E-state index is 13.3. The van der Waals surface area contributed by atoms with Crippen LogP contribution in [0.1, 0.15) is 43.1 Å². The molecule has 3 rings (SSSR count). The summed E-state index contributed by atoms with van der Waals surface area (Å²) in [6.07, 6.45) is 0.858. The number of amides is 1. The molecule has 0 fully saturated rings. The van der Waals surface area contributed by atoms with Crippen molar-refractivity contribution in [2.24, 2.45) is 0 Å². The lowest BCUT2D eigenvalue weighted by atomic mass is 9.93. The maximum Gasteiger partial charge on any atom is 0.258 e. The largest absolute Gasteiger partial charge is 0.491 e. The molecular formula is C22H28N2O3. The van der Waals surface area contributed by atoms with Gasteiger partial charge in [0.25, 0.3) is 5.91 Å². The van der Waals surface area contributed by atoms with Gasteiger partial charge in [0.2, 0.25) is 0 Å². The first-order valence-corrected chi connectivity index (χ1v) is 9.41. The second-order valence-electron chi connectivity index (χ2n) is 7.24. The number of hydrogen-bond donors (Lipinski definition) is 1. The van der Waals surface area contributed by atoms with Gasteiger partial charge in [-0.2, -0.15) is 0 Å². The van der Waals surface area contributed by atoms with Crippen LogP contribution in [-0.4, -0.2) is 37.2 Å². The van der Waals surface area contributed by atoms with Crippen molar-refractivity contribution in [3.8, 4) is 5.75 Å². The number of ether oxygens (including phenoxy) is 2. The van der Waals surface area contributed by atoms with Crippen molar-refractivity contribution in [1.29, 1.82) is 0 Å². The van der Waals surface area contributed by atoms with Crippen LogP contribution in [0.2, 0.25) is 0 Å². The van der Waals surface area contributed by atoms with Crippen molar-refractivity contribution in [2.75, 3.05) is 25.6 Å². The van der Waals surface area contributed by atoms with E-state index in [1.54, 1.807) is 7.11 Å². The summed E-state index contributed by atoms with van der Waals surface area (Å²) in [6, 6.07) is 15.6. The second kappa shape index (κ2) is 8.01. The van der Waals surface area contributed by atoms with Crippen molar-refractivity contribution in [3.63, 3.8) is 0 Å². The average molecular weight is 368 g/mol. The number of hydrogen-bond acceptors (Lipinski definition) is 4. The zero-order valence-corrected chi connectivity index (χ0v) is 16.5. The number of benzene rings is 2. The first kappa shape index (κ1) is 19.2. The van der Waals surface area contributed by atoms with Crippen LogP contribution in [0.15, 0.2) is 48.5 Å². The van der Waals surface area contributed by atoms with Crippen LogP contribution in [0.3, 0.4) is 0 Å². The van der Waals surface area contributed by atoms with Gasteiger partial charge in [-0.1, -0.05) is 24.3 Å². The summed E-state index contributed by atoms with van der Waals surface area (Å²) in [5, 5.41) is 3.59. The van der Waals surface area contributed by atoms with Gasteiger partial charge in [0.1, 0.15) is 11.4 Å². The van der Waals surface area contributed by atoms with Crippen LogP contribution < -0.4 is 10.1 Å². The Morgan fingerprint density at radius 2 is 1.93 bits per heavy atom. The molecule has 1 aliphatic heterocycles. The summed E-state index contributed by atoms with van der Waals surface area (Å²) < 4.78 is 11.1. The van der Waals surface area contributed by atoms with Gasteiger partial charge in [-0.15, -0.1) is 0 Å². The number of carbonyl (C=O) groups is 1. The summed E-state index contributed by atoms with van der Waals surface area (Å²) in [7, 11) is 1.68. The standard InChI is InChI=1S/C22H28N2O3/c1-16(2)27-18-10-7-9-17(15-18)22(3)23-20-12-6-5-11-19(20)21(25)24(22)13-8-14-26-4/h5-7,9-12,15-16,23H,8,13-14H2,1-4H3. The molecule has 1 unspecified atom stereocenters. The number of nitrogens with one attached hydrogen (secondary N) is 1. The first-order chi connectivity index (χ1) is 13.0. The molecule has 1 atom stereocenters. The van der Waals surface area contributed by atoms with Crippen LogP contribution in [0, 0.1) is 0 Å². The van der Waals surface area contributed by atoms with E-state index in [4.69, 9.17) is 9.47 Å². The topological polar surface area (TPSA) is 50.8 Å². The molecule has 1 N–H and O–H groups in total. The Morgan fingerprint density at radius 1 is 1.15 bits per heavy atom. The third-order valence-corrected chi connectivity index (χ3v) is 4.82. The van der Waals surface area contributed by atoms with Crippen molar-refractivity contribution in [2.45, 2.75) is 39.0 Å². The molecule has 1 aliphatic rings. The molecule has 0 saturated heterocycles. The molecule has 0 radical (unpaired) electrons. The van der Waals surface area contributed by atoms with Crippen molar-refractivity contribution >= 4 is 11.6 Å². The molecule has 0 aromatic heterocycles. The summed E-state index contributed by atoms with van der Waals surface area (Å²) in [5.74, 6) is 0.826. The predicted octanol–water partition coefficient (Wildman–Crippen LogP) is 4.25. The highest BCUT2D eigenvalue weighted by atomic mass is 16.5. The molecule has 0 saturated carbocycles. The lowest BCUT2D eigenvalue weighted by molar-refractivity contribution is 0.0503. The molecule has 144 valence electrons. The molecule has 2 aromatic rings. The SMILES string of the molecule is COCCCN1C(=O)c2ccccc2NC1(C)c1cccc(OC(C)C)c1. The van der Waals surface area contributed by atoms with Gasteiger partial charge in [0.15, 0.2) is 0 Å². The summed E-state index contributed by atoms with van der Waals surface area (Å²) in [6.45, 7) is 7.26.